The van der Waals surface area contributed by atoms with Crippen molar-refractivity contribution in [2.75, 3.05) is 21.3 Å². The number of carbonyl (C=O) groups is 5. The lowest BCUT2D eigenvalue weighted by molar-refractivity contribution is -0.176. The predicted octanol–water partition coefficient (Wildman–Crippen LogP) is 4.50. The summed E-state index contributed by atoms with van der Waals surface area (Å²) in [6, 6.07) is 4.79. The molecule has 11 heteroatoms. The average Bonchev–Trinajstić information content (AvgIpc) is 3.03. The van der Waals surface area contributed by atoms with Gasteiger partial charge in [-0.3, -0.25) is 14.4 Å². The summed E-state index contributed by atoms with van der Waals surface area (Å²) in [7, 11) is 3.25. The van der Waals surface area contributed by atoms with Gasteiger partial charge in [-0.05, 0) is 43.4 Å². The smallest absolute Gasteiger partial charge is 0.339 e. The second kappa shape index (κ2) is 21.9. The minimum absolute atomic E-state index is 0.00978. The van der Waals surface area contributed by atoms with Crippen LogP contribution in [-0.4, -0.2) is 72.8 Å². The van der Waals surface area contributed by atoms with Gasteiger partial charge in [0.15, 0.2) is 5.60 Å². The summed E-state index contributed by atoms with van der Waals surface area (Å²) in [5.74, 6) is -5.15. The molecule has 0 aliphatic rings. The maximum atomic E-state index is 13.6. The van der Waals surface area contributed by atoms with Crippen LogP contribution in [0.3, 0.4) is 0 Å². The minimum Gasteiger partial charge on any atom is -0.508 e. The molecule has 3 N–H and O–H groups in total. The van der Waals surface area contributed by atoms with E-state index < -0.39 is 47.8 Å². The fraction of sp³-hybridized carbons (Fsp3) is 0.618. The lowest BCUT2D eigenvalue weighted by Crippen LogP contribution is -2.56. The summed E-state index contributed by atoms with van der Waals surface area (Å²) in [6.07, 6.45) is 12.6. The number of nitrogens with one attached hydrogen (secondary N) is 1. The quantitative estimate of drug-likeness (QED) is 0.0676. The van der Waals surface area contributed by atoms with Gasteiger partial charge in [-0.15, -0.1) is 0 Å². The fourth-order valence-corrected chi connectivity index (χ4v) is 4.93. The van der Waals surface area contributed by atoms with Crippen molar-refractivity contribution in [3.63, 3.8) is 0 Å². The van der Waals surface area contributed by atoms with Gasteiger partial charge in [0.25, 0.3) is 0 Å². The molecule has 45 heavy (non-hydrogen) atoms. The number of amides is 1. The third-order valence-electron chi connectivity index (χ3n) is 7.62. The van der Waals surface area contributed by atoms with E-state index in [0.717, 1.165) is 59.9 Å². The molecule has 1 amide bonds. The maximum Gasteiger partial charge on any atom is 0.339 e. The minimum atomic E-state index is -2.63. The van der Waals surface area contributed by atoms with Crippen LogP contribution in [0.2, 0.25) is 0 Å². The third-order valence-corrected chi connectivity index (χ3v) is 7.62. The molecule has 0 radical (unpaired) electrons. The number of benzene rings is 1. The fourth-order valence-electron chi connectivity index (χ4n) is 4.93. The van der Waals surface area contributed by atoms with E-state index in [9.17, 15) is 34.2 Å². The van der Waals surface area contributed by atoms with Crippen molar-refractivity contribution in [3.8, 4) is 5.75 Å². The number of phenolic OH excluding ortho intramolecular Hbond substituents is 1. The summed E-state index contributed by atoms with van der Waals surface area (Å²) < 4.78 is 14.2. The highest BCUT2D eigenvalue weighted by molar-refractivity contribution is 5.95. The number of rotatable bonds is 23. The number of phenols is 1. The van der Waals surface area contributed by atoms with Crippen molar-refractivity contribution in [2.45, 2.75) is 108 Å². The van der Waals surface area contributed by atoms with Gasteiger partial charge >= 0.3 is 17.9 Å². The second-order valence-corrected chi connectivity index (χ2v) is 11.2. The monoisotopic (exact) mass is 633 g/mol. The molecule has 0 bridgehead atoms. The lowest BCUT2D eigenvalue weighted by atomic mass is 9.82. The van der Waals surface area contributed by atoms with Gasteiger partial charge in [0.2, 0.25) is 5.91 Å². The number of hydrogen-bond acceptors (Lipinski definition) is 10. The number of unbranched alkanes of at least 4 members (excludes halogenated alkanes) is 8. The molecule has 0 fully saturated rings. The molecule has 0 saturated carbocycles. The van der Waals surface area contributed by atoms with Crippen LogP contribution in [0.15, 0.2) is 36.4 Å². The van der Waals surface area contributed by atoms with Gasteiger partial charge in [0.05, 0.1) is 33.7 Å². The van der Waals surface area contributed by atoms with Crippen LogP contribution < -0.4 is 5.32 Å². The first kappa shape index (κ1) is 39.3. The van der Waals surface area contributed by atoms with Crippen LogP contribution in [0.1, 0.15) is 96.0 Å². The Bertz CT molecular complexity index is 1100. The Labute approximate surface area is 266 Å². The maximum absolute atomic E-state index is 13.6. The zero-order valence-electron chi connectivity index (χ0n) is 27.2. The normalized spacial score (nSPS) is 13.8. The first-order valence-electron chi connectivity index (χ1n) is 15.7. The number of aromatic hydroxyl groups is 1. The summed E-state index contributed by atoms with van der Waals surface area (Å²) >= 11 is 0. The van der Waals surface area contributed by atoms with E-state index in [1.54, 1.807) is 18.2 Å². The Morgan fingerprint density at radius 3 is 2.00 bits per heavy atom. The van der Waals surface area contributed by atoms with E-state index >= 15 is 0 Å². The number of ether oxygens (including phenoxy) is 3. The highest BCUT2D eigenvalue weighted by atomic mass is 16.5. The van der Waals surface area contributed by atoms with E-state index in [1.807, 2.05) is 0 Å². The Morgan fingerprint density at radius 1 is 0.844 bits per heavy atom. The van der Waals surface area contributed by atoms with Crippen LogP contribution in [0.25, 0.3) is 0 Å². The van der Waals surface area contributed by atoms with Crippen LogP contribution in [0.5, 0.6) is 5.75 Å². The van der Waals surface area contributed by atoms with Crippen molar-refractivity contribution in [3.05, 3.63) is 42.0 Å². The molecule has 1 aromatic carbocycles. The molecule has 0 spiro atoms. The van der Waals surface area contributed by atoms with Crippen LogP contribution >= 0.6 is 0 Å². The van der Waals surface area contributed by atoms with Gasteiger partial charge in [-0.25, -0.2) is 9.59 Å². The number of hydrogen-bond donors (Lipinski definition) is 3. The van der Waals surface area contributed by atoms with Crippen LogP contribution in [-0.2, 0) is 44.6 Å². The molecule has 1 aromatic rings. The van der Waals surface area contributed by atoms with Gasteiger partial charge in [0.1, 0.15) is 17.6 Å². The SMILES string of the molecule is CCCCCCCC(=O)CCCCCC/C=C/[C@@H](C(=O)N[C@H](Cc1ccc(O)cc1)C(=O)OC)[C@@](O)(CC(=O)OC)C(=O)OC. The standard InChI is InChI=1S/C34H51NO10/c1-5-6-7-10-13-16-26(36)17-14-11-8-9-12-15-18-28(34(42,33(41)45-4)24-30(38)43-2)31(39)35-29(32(40)44-3)23-25-19-21-27(37)22-20-25/h15,18-22,28-29,37,42H,5-14,16-17,23-24H2,1-4H3,(H,35,39)/b18-15+/t28-,29+,34-/m0/s1. The Morgan fingerprint density at radius 2 is 1.44 bits per heavy atom. The number of esters is 3. The second-order valence-electron chi connectivity index (χ2n) is 11.2. The molecule has 0 unspecified atom stereocenters. The summed E-state index contributed by atoms with van der Waals surface area (Å²) in [5, 5.41) is 23.5. The summed E-state index contributed by atoms with van der Waals surface area (Å²) in [4.78, 5) is 63.2. The molecule has 0 aliphatic carbocycles. The van der Waals surface area contributed by atoms with Crippen molar-refractivity contribution in [1.29, 1.82) is 0 Å². The number of ketones is 1. The third kappa shape index (κ3) is 14.7. The zero-order chi connectivity index (χ0) is 33.7. The molecular formula is C34H51NO10. The van der Waals surface area contributed by atoms with Crippen molar-refractivity contribution >= 4 is 29.6 Å². The predicted molar refractivity (Wildman–Crippen MR) is 168 cm³/mol. The van der Waals surface area contributed by atoms with Crippen LogP contribution in [0.4, 0.5) is 0 Å². The van der Waals surface area contributed by atoms with E-state index in [-0.39, 0.29) is 12.2 Å². The molecule has 1 rings (SSSR count). The van der Waals surface area contributed by atoms with Crippen molar-refractivity contribution in [2.24, 2.45) is 5.92 Å². The molecule has 252 valence electrons. The highest BCUT2D eigenvalue weighted by Crippen LogP contribution is 2.27. The highest BCUT2D eigenvalue weighted by Gasteiger charge is 2.50. The first-order chi connectivity index (χ1) is 21.5. The van der Waals surface area contributed by atoms with Crippen molar-refractivity contribution < 1.29 is 48.4 Å². The average molecular weight is 634 g/mol. The number of allylic oxidation sites excluding steroid dienone is 1. The summed E-state index contributed by atoms with van der Waals surface area (Å²) in [5.41, 5.74) is -2.03. The summed E-state index contributed by atoms with van der Waals surface area (Å²) in [6.45, 7) is 2.16. The van der Waals surface area contributed by atoms with Gasteiger partial charge in [-0.2, -0.15) is 0 Å². The Hall–Kier alpha value is -3.73. The molecular weight excluding hydrogens is 582 g/mol. The van der Waals surface area contributed by atoms with E-state index in [4.69, 9.17) is 9.47 Å². The first-order valence-corrected chi connectivity index (χ1v) is 15.7. The molecule has 0 aliphatic heterocycles. The number of aliphatic hydroxyl groups is 1. The number of Topliss-reactive ketones (excluding diaryl/α,β-unsaturated/α-hetero) is 1. The Balaban J connectivity index is 2.94. The molecule has 0 saturated heterocycles. The van der Waals surface area contributed by atoms with Gasteiger partial charge in [0, 0.05) is 19.3 Å². The molecule has 0 aromatic heterocycles. The zero-order valence-corrected chi connectivity index (χ0v) is 27.2. The largest absolute Gasteiger partial charge is 0.508 e. The Kier molecular flexibility index (Phi) is 19.1. The number of carbonyl (C=O) groups excluding carboxylic acids is 5. The van der Waals surface area contributed by atoms with E-state index in [2.05, 4.69) is 17.0 Å². The van der Waals surface area contributed by atoms with E-state index in [0.29, 0.717) is 30.6 Å². The molecule has 0 heterocycles. The molecule has 3 atom stereocenters. The molecule has 11 nitrogen and oxygen atoms in total. The lowest BCUT2D eigenvalue weighted by Gasteiger charge is -2.31. The van der Waals surface area contributed by atoms with Gasteiger partial charge in [-0.1, -0.05) is 69.7 Å². The van der Waals surface area contributed by atoms with Crippen molar-refractivity contribution in [1.82, 2.24) is 5.32 Å². The number of methoxy groups -OCH3 is 3. The van der Waals surface area contributed by atoms with E-state index in [1.165, 1.54) is 37.5 Å². The topological polar surface area (TPSA) is 166 Å². The van der Waals surface area contributed by atoms with Crippen LogP contribution in [0, 0.1) is 5.92 Å². The van der Waals surface area contributed by atoms with Gasteiger partial charge < -0.3 is 29.7 Å².